The fraction of sp³-hybridized carbons (Fsp3) is 0.462. The molecule has 1 fully saturated rings. The lowest BCUT2D eigenvalue weighted by atomic mass is 9.88. The monoisotopic (exact) mass is 316 g/mol. The molecule has 0 unspecified atom stereocenters. The van der Waals surface area contributed by atoms with Crippen LogP contribution in [0.3, 0.4) is 0 Å². The molecule has 0 radical (unpaired) electrons. The van der Waals surface area contributed by atoms with Crippen LogP contribution in [0.1, 0.15) is 32.6 Å². The van der Waals surface area contributed by atoms with Gasteiger partial charge in [-0.1, -0.05) is 31.4 Å². The number of carbonyl (C=O) groups is 1. The van der Waals surface area contributed by atoms with Crippen LogP contribution in [0.25, 0.3) is 0 Å². The summed E-state index contributed by atoms with van der Waals surface area (Å²) in [5.41, 5.74) is 0.117. The lowest BCUT2D eigenvalue weighted by molar-refractivity contribution is -0.124. The van der Waals surface area contributed by atoms with Crippen molar-refractivity contribution in [1.82, 2.24) is 0 Å². The Kier molecular flexibility index (Phi) is 4.09. The van der Waals surface area contributed by atoms with Crippen molar-refractivity contribution in [1.29, 1.82) is 0 Å². The van der Waals surface area contributed by atoms with E-state index >= 15 is 0 Å². The van der Waals surface area contributed by atoms with E-state index in [0.29, 0.717) is 5.69 Å². The quantitative estimate of drug-likeness (QED) is 0.897. The molecule has 1 aromatic rings. The molecule has 0 atom stereocenters. The SMILES string of the molecule is CC1(C(=O)Nc2ccc(S(N)(=O)=O)c(Cl)c2)CCCC1. The number of carbonyl (C=O) groups excluding carboxylic acids is 1. The predicted molar refractivity (Wildman–Crippen MR) is 78.0 cm³/mol. The third-order valence-electron chi connectivity index (χ3n) is 3.75. The number of hydrogen-bond acceptors (Lipinski definition) is 3. The molecule has 1 aromatic carbocycles. The fourth-order valence-corrected chi connectivity index (χ4v) is 3.57. The molecule has 110 valence electrons. The van der Waals surface area contributed by atoms with Gasteiger partial charge in [-0.3, -0.25) is 4.79 Å². The van der Waals surface area contributed by atoms with Gasteiger partial charge in [0.05, 0.1) is 5.02 Å². The first-order valence-electron chi connectivity index (χ1n) is 6.36. The van der Waals surface area contributed by atoms with Gasteiger partial charge in [0, 0.05) is 11.1 Å². The smallest absolute Gasteiger partial charge is 0.239 e. The second-order valence-electron chi connectivity index (χ2n) is 5.41. The summed E-state index contributed by atoms with van der Waals surface area (Å²) in [6, 6.07) is 4.18. The number of benzene rings is 1. The van der Waals surface area contributed by atoms with Crippen LogP contribution < -0.4 is 10.5 Å². The normalized spacial score (nSPS) is 17.9. The first-order chi connectivity index (χ1) is 9.22. The molecular weight excluding hydrogens is 300 g/mol. The Bertz CT molecular complexity index is 637. The van der Waals surface area contributed by atoms with E-state index in [-0.39, 0.29) is 21.2 Å². The Balaban J connectivity index is 2.19. The second-order valence-corrected chi connectivity index (χ2v) is 7.35. The minimum Gasteiger partial charge on any atom is -0.326 e. The molecule has 5 nitrogen and oxygen atoms in total. The number of anilines is 1. The van der Waals surface area contributed by atoms with Crippen LogP contribution in [0.2, 0.25) is 5.02 Å². The van der Waals surface area contributed by atoms with Crippen molar-refractivity contribution >= 4 is 33.2 Å². The van der Waals surface area contributed by atoms with Gasteiger partial charge in [-0.05, 0) is 31.0 Å². The maximum Gasteiger partial charge on any atom is 0.239 e. The molecule has 7 heteroatoms. The van der Waals surface area contributed by atoms with Gasteiger partial charge in [-0.2, -0.15) is 0 Å². The van der Waals surface area contributed by atoms with Crippen LogP contribution in [0.5, 0.6) is 0 Å². The van der Waals surface area contributed by atoms with Gasteiger partial charge in [-0.25, -0.2) is 13.6 Å². The van der Waals surface area contributed by atoms with Crippen molar-refractivity contribution in [2.75, 3.05) is 5.32 Å². The molecule has 1 amide bonds. The second kappa shape index (κ2) is 5.35. The third-order valence-corrected chi connectivity index (χ3v) is 5.15. The Morgan fingerprint density at radius 2 is 1.95 bits per heavy atom. The summed E-state index contributed by atoms with van der Waals surface area (Å²) in [4.78, 5) is 12.1. The Morgan fingerprint density at radius 1 is 1.35 bits per heavy atom. The highest BCUT2D eigenvalue weighted by Crippen LogP contribution is 2.38. The van der Waals surface area contributed by atoms with Gasteiger partial charge < -0.3 is 5.32 Å². The van der Waals surface area contributed by atoms with Crippen LogP contribution in [0, 0.1) is 5.41 Å². The minimum atomic E-state index is -3.85. The number of nitrogens with one attached hydrogen (secondary N) is 1. The number of rotatable bonds is 3. The van der Waals surface area contributed by atoms with E-state index in [1.807, 2.05) is 6.92 Å². The number of nitrogens with two attached hydrogens (primary N) is 1. The molecule has 0 aliphatic heterocycles. The lowest BCUT2D eigenvalue weighted by Crippen LogP contribution is -2.30. The van der Waals surface area contributed by atoms with Crippen molar-refractivity contribution in [3.63, 3.8) is 0 Å². The van der Waals surface area contributed by atoms with Gasteiger partial charge in [0.15, 0.2) is 0 Å². The van der Waals surface area contributed by atoms with Crippen molar-refractivity contribution in [3.05, 3.63) is 23.2 Å². The van der Waals surface area contributed by atoms with Crippen LogP contribution in [-0.2, 0) is 14.8 Å². The number of amides is 1. The summed E-state index contributed by atoms with van der Waals surface area (Å²) in [7, 11) is -3.85. The highest BCUT2D eigenvalue weighted by Gasteiger charge is 2.36. The zero-order valence-corrected chi connectivity index (χ0v) is 12.7. The minimum absolute atomic E-state index is 0.00174. The van der Waals surface area contributed by atoms with Gasteiger partial charge in [0.25, 0.3) is 0 Å². The summed E-state index contributed by atoms with van der Waals surface area (Å²) < 4.78 is 22.5. The molecule has 1 saturated carbocycles. The molecule has 2 rings (SSSR count). The van der Waals surface area contributed by atoms with Gasteiger partial charge >= 0.3 is 0 Å². The zero-order chi connectivity index (χ0) is 15.0. The topological polar surface area (TPSA) is 89.3 Å². The first-order valence-corrected chi connectivity index (χ1v) is 8.29. The molecule has 1 aliphatic carbocycles. The summed E-state index contributed by atoms with van der Waals surface area (Å²) in [5, 5.41) is 7.82. The van der Waals surface area contributed by atoms with E-state index in [1.54, 1.807) is 0 Å². The van der Waals surface area contributed by atoms with Crippen molar-refractivity contribution in [2.24, 2.45) is 10.6 Å². The van der Waals surface area contributed by atoms with Gasteiger partial charge in [0.2, 0.25) is 15.9 Å². The van der Waals surface area contributed by atoms with Crippen LogP contribution >= 0.6 is 11.6 Å². The summed E-state index contributed by atoms with van der Waals surface area (Å²) in [6.45, 7) is 1.94. The van der Waals surface area contributed by atoms with Gasteiger partial charge in [0.1, 0.15) is 4.90 Å². The fourth-order valence-electron chi connectivity index (χ4n) is 2.47. The van der Waals surface area contributed by atoms with Crippen LogP contribution in [-0.4, -0.2) is 14.3 Å². The van der Waals surface area contributed by atoms with Crippen molar-refractivity contribution in [2.45, 2.75) is 37.5 Å². The molecule has 20 heavy (non-hydrogen) atoms. The van der Waals surface area contributed by atoms with Crippen molar-refractivity contribution in [3.8, 4) is 0 Å². The molecule has 1 aliphatic rings. The highest BCUT2D eigenvalue weighted by molar-refractivity contribution is 7.89. The molecule has 0 aromatic heterocycles. The predicted octanol–water partition coefficient (Wildman–Crippen LogP) is 2.51. The number of sulfonamides is 1. The molecule has 0 spiro atoms. The van der Waals surface area contributed by atoms with Crippen LogP contribution in [0.15, 0.2) is 23.1 Å². The molecule has 0 saturated heterocycles. The van der Waals surface area contributed by atoms with E-state index in [9.17, 15) is 13.2 Å². The number of hydrogen-bond donors (Lipinski definition) is 2. The van der Waals surface area contributed by atoms with E-state index in [2.05, 4.69) is 5.32 Å². The van der Waals surface area contributed by atoms with Gasteiger partial charge in [-0.15, -0.1) is 0 Å². The maximum absolute atomic E-state index is 12.2. The number of primary sulfonamides is 1. The molecule has 0 bridgehead atoms. The van der Waals surface area contributed by atoms with Crippen molar-refractivity contribution < 1.29 is 13.2 Å². The summed E-state index contributed by atoms with van der Waals surface area (Å²) in [5.74, 6) is -0.0607. The Labute approximate surface area is 123 Å². The maximum atomic E-state index is 12.2. The standard InChI is InChI=1S/C13H17ClN2O3S/c1-13(6-2-3-7-13)12(17)16-9-4-5-11(10(14)8-9)20(15,18)19/h4-5,8H,2-3,6-7H2,1H3,(H,16,17)(H2,15,18,19). The highest BCUT2D eigenvalue weighted by atomic mass is 35.5. The molecular formula is C13H17ClN2O3S. The summed E-state index contributed by atoms with van der Waals surface area (Å²) in [6.07, 6.45) is 3.83. The lowest BCUT2D eigenvalue weighted by Gasteiger charge is -2.22. The Hall–Kier alpha value is -1.11. The first kappa shape index (κ1) is 15.3. The van der Waals surface area contributed by atoms with Crippen LogP contribution in [0.4, 0.5) is 5.69 Å². The average molecular weight is 317 g/mol. The van der Waals surface area contributed by atoms with E-state index < -0.39 is 10.0 Å². The zero-order valence-electron chi connectivity index (χ0n) is 11.1. The van der Waals surface area contributed by atoms with E-state index in [4.69, 9.17) is 16.7 Å². The molecule has 3 N–H and O–H groups in total. The third kappa shape index (κ3) is 3.13. The Morgan fingerprint density at radius 3 is 2.45 bits per heavy atom. The molecule has 0 heterocycles. The largest absolute Gasteiger partial charge is 0.326 e. The van der Waals surface area contributed by atoms with E-state index in [0.717, 1.165) is 25.7 Å². The van der Waals surface area contributed by atoms with E-state index in [1.165, 1.54) is 18.2 Å². The summed E-state index contributed by atoms with van der Waals surface area (Å²) >= 11 is 5.88. The average Bonchev–Trinajstić information content (AvgIpc) is 2.76. The number of halogens is 1.